The molecule has 4 aromatic rings. The van der Waals surface area contributed by atoms with E-state index in [1.54, 1.807) is 24.4 Å². The summed E-state index contributed by atoms with van der Waals surface area (Å²) < 4.78 is 32.6. The van der Waals surface area contributed by atoms with E-state index in [2.05, 4.69) is 19.4 Å². The van der Waals surface area contributed by atoms with Gasteiger partial charge in [0.15, 0.2) is 0 Å². The third-order valence-corrected chi connectivity index (χ3v) is 8.06. The van der Waals surface area contributed by atoms with Gasteiger partial charge in [-0.3, -0.25) is 4.90 Å². The zero-order valence-corrected chi connectivity index (χ0v) is 23.5. The number of likely N-dealkylation sites (tertiary alicyclic amines) is 1. The molecule has 0 N–H and O–H groups in total. The van der Waals surface area contributed by atoms with Crippen LogP contribution in [0.3, 0.4) is 0 Å². The number of piperidine rings is 1. The molecule has 0 saturated carbocycles. The topological polar surface area (TPSA) is 91.6 Å². The summed E-state index contributed by atoms with van der Waals surface area (Å²) in [6.45, 7) is 3.98. The minimum atomic E-state index is -0.418. The van der Waals surface area contributed by atoms with E-state index in [0.29, 0.717) is 29.2 Å². The van der Waals surface area contributed by atoms with Crippen LogP contribution in [0.4, 0.5) is 4.39 Å². The van der Waals surface area contributed by atoms with Gasteiger partial charge in [0.25, 0.3) is 0 Å². The first kappa shape index (κ1) is 27.6. The second-order valence-electron chi connectivity index (χ2n) is 10.5. The molecule has 0 radical (unpaired) electrons. The number of hydrogen-bond donors (Lipinski definition) is 0. The first-order chi connectivity index (χ1) is 20.0. The van der Waals surface area contributed by atoms with Crippen LogP contribution in [0.1, 0.15) is 52.6 Å². The fraction of sp³-hybridized carbons (Fsp3) is 0.400. The Labute approximate surface area is 242 Å². The number of carbonyl (C=O) groups is 1. The van der Waals surface area contributed by atoms with Crippen molar-refractivity contribution in [3.8, 4) is 6.01 Å². The van der Waals surface area contributed by atoms with Crippen LogP contribution < -0.4 is 4.74 Å². The van der Waals surface area contributed by atoms with E-state index in [9.17, 15) is 9.18 Å². The lowest BCUT2D eigenvalue weighted by Gasteiger charge is -2.32. The largest absolute Gasteiger partial charge is 0.465 e. The predicted octanol–water partition coefficient (Wildman–Crippen LogP) is 5.15. The number of hydrogen-bond acceptors (Lipinski definition) is 8. The van der Waals surface area contributed by atoms with Gasteiger partial charge in [0.05, 0.1) is 48.6 Å². The van der Waals surface area contributed by atoms with E-state index < -0.39 is 5.82 Å². The van der Waals surface area contributed by atoms with Crippen LogP contribution in [-0.4, -0.2) is 63.3 Å². The number of carbonyl (C=O) groups excluding carboxylic acids is 1. The fourth-order valence-corrected chi connectivity index (χ4v) is 5.55. The number of fused-ring (bicyclic) bond motifs is 1. The van der Waals surface area contributed by atoms with Gasteiger partial charge in [-0.2, -0.15) is 4.98 Å². The molecule has 0 bridgehead atoms. The molecule has 2 fully saturated rings. The molecule has 11 heteroatoms. The number of imidazole rings is 1. The Morgan fingerprint density at radius 1 is 1.12 bits per heavy atom. The van der Waals surface area contributed by atoms with E-state index in [1.807, 2.05) is 18.2 Å². The number of benzene rings is 2. The Morgan fingerprint density at radius 2 is 1.95 bits per heavy atom. The monoisotopic (exact) mass is 579 g/mol. The second-order valence-corrected chi connectivity index (χ2v) is 10.9. The van der Waals surface area contributed by atoms with Crippen molar-refractivity contribution in [2.45, 2.75) is 51.0 Å². The van der Waals surface area contributed by atoms with Crippen LogP contribution in [0.5, 0.6) is 6.01 Å². The Balaban J connectivity index is 1.11. The van der Waals surface area contributed by atoms with Gasteiger partial charge < -0.3 is 18.8 Å². The van der Waals surface area contributed by atoms with Crippen LogP contribution in [-0.2, 0) is 29.2 Å². The summed E-state index contributed by atoms with van der Waals surface area (Å²) >= 11 is 5.84. The van der Waals surface area contributed by atoms with Gasteiger partial charge in [-0.1, -0.05) is 17.7 Å². The van der Waals surface area contributed by atoms with Crippen LogP contribution in [0.15, 0.2) is 48.7 Å². The van der Waals surface area contributed by atoms with Crippen molar-refractivity contribution in [3.63, 3.8) is 0 Å². The highest BCUT2D eigenvalue weighted by molar-refractivity contribution is 6.30. The summed E-state index contributed by atoms with van der Waals surface area (Å²) in [4.78, 5) is 28.3. The van der Waals surface area contributed by atoms with Gasteiger partial charge in [-0.05, 0) is 68.8 Å². The van der Waals surface area contributed by atoms with Crippen molar-refractivity contribution in [2.75, 3.05) is 26.8 Å². The van der Waals surface area contributed by atoms with Crippen LogP contribution in [0, 0.1) is 5.82 Å². The average molecular weight is 580 g/mol. The number of nitrogens with zero attached hydrogens (tertiary/aromatic N) is 5. The molecule has 2 aromatic carbocycles. The number of aromatic nitrogens is 4. The summed E-state index contributed by atoms with van der Waals surface area (Å²) in [6, 6.07) is 12.1. The van der Waals surface area contributed by atoms with Gasteiger partial charge in [0, 0.05) is 29.3 Å². The fourth-order valence-electron chi connectivity index (χ4n) is 5.39. The maximum absolute atomic E-state index is 14.1. The lowest BCUT2D eigenvalue weighted by Crippen LogP contribution is -2.35. The maximum Gasteiger partial charge on any atom is 0.337 e. The molecule has 41 heavy (non-hydrogen) atoms. The smallest absolute Gasteiger partial charge is 0.337 e. The molecule has 6 rings (SSSR count). The highest BCUT2D eigenvalue weighted by Crippen LogP contribution is 2.29. The lowest BCUT2D eigenvalue weighted by atomic mass is 9.93. The Morgan fingerprint density at radius 3 is 2.68 bits per heavy atom. The van der Waals surface area contributed by atoms with Crippen molar-refractivity contribution in [1.82, 2.24) is 24.4 Å². The molecule has 0 amide bonds. The predicted molar refractivity (Wildman–Crippen MR) is 150 cm³/mol. The lowest BCUT2D eigenvalue weighted by molar-refractivity contribution is -0.0592. The molecule has 9 nitrogen and oxygen atoms in total. The number of ether oxygens (including phenoxy) is 3. The average Bonchev–Trinajstić information content (AvgIpc) is 3.30. The summed E-state index contributed by atoms with van der Waals surface area (Å²) in [6.07, 6.45) is 4.72. The Bertz CT molecular complexity index is 1550. The summed E-state index contributed by atoms with van der Waals surface area (Å²) in [5.74, 6) is 0.453. The molecule has 2 saturated heterocycles. The van der Waals surface area contributed by atoms with E-state index >= 15 is 0 Å². The second kappa shape index (κ2) is 12.1. The van der Waals surface area contributed by atoms with E-state index in [0.717, 1.165) is 61.5 Å². The third kappa shape index (κ3) is 6.19. The van der Waals surface area contributed by atoms with Gasteiger partial charge in [0.2, 0.25) is 0 Å². The highest BCUT2D eigenvalue weighted by Gasteiger charge is 2.26. The minimum absolute atomic E-state index is 0.0267. The van der Waals surface area contributed by atoms with Gasteiger partial charge >= 0.3 is 12.0 Å². The summed E-state index contributed by atoms with van der Waals surface area (Å²) in [7, 11) is 1.39. The molecule has 214 valence electrons. The summed E-state index contributed by atoms with van der Waals surface area (Å²) in [5.41, 5.74) is 3.60. The first-order valence-electron chi connectivity index (χ1n) is 13.8. The van der Waals surface area contributed by atoms with Crippen molar-refractivity contribution >= 4 is 28.6 Å². The maximum atomic E-state index is 14.1. The summed E-state index contributed by atoms with van der Waals surface area (Å²) in [5, 5.41) is 0.341. The van der Waals surface area contributed by atoms with Crippen molar-refractivity contribution in [1.29, 1.82) is 0 Å². The van der Waals surface area contributed by atoms with E-state index in [1.165, 1.54) is 13.2 Å². The van der Waals surface area contributed by atoms with Crippen molar-refractivity contribution in [2.24, 2.45) is 0 Å². The molecule has 4 heterocycles. The van der Waals surface area contributed by atoms with Crippen LogP contribution >= 0.6 is 11.6 Å². The molecule has 2 aromatic heterocycles. The van der Waals surface area contributed by atoms with E-state index in [4.69, 9.17) is 30.8 Å². The number of rotatable bonds is 9. The molecule has 1 atom stereocenters. The minimum Gasteiger partial charge on any atom is -0.465 e. The van der Waals surface area contributed by atoms with Crippen LogP contribution in [0.2, 0.25) is 5.02 Å². The number of esters is 1. The zero-order chi connectivity index (χ0) is 28.3. The van der Waals surface area contributed by atoms with Gasteiger partial charge in [-0.25, -0.2) is 19.2 Å². The zero-order valence-electron chi connectivity index (χ0n) is 22.8. The van der Waals surface area contributed by atoms with Gasteiger partial charge in [0.1, 0.15) is 18.2 Å². The Hall–Kier alpha value is -3.60. The molecular weight excluding hydrogens is 549 g/mol. The van der Waals surface area contributed by atoms with Gasteiger partial charge in [-0.15, -0.1) is 0 Å². The molecule has 2 aliphatic rings. The normalized spacial score (nSPS) is 17.9. The van der Waals surface area contributed by atoms with E-state index in [-0.39, 0.29) is 30.6 Å². The van der Waals surface area contributed by atoms with Crippen LogP contribution in [0.25, 0.3) is 11.0 Å². The Kier molecular flexibility index (Phi) is 8.13. The third-order valence-electron chi connectivity index (χ3n) is 7.83. The standard InChI is InChI=1S/C30H31ClFN5O4/c1-39-29(38)20-3-5-26-27(14-20)37(16-23-9-13-40-23)28(34-26)17-36-11-7-19(8-12-36)25-6-10-33-30(35-25)41-18-21-2-4-22(31)15-24(21)32/h2-6,10,14-15,19,23H,7-9,11-13,16-18H2,1H3. The number of halogens is 2. The number of methoxy groups -OCH3 is 1. The molecule has 2 aliphatic heterocycles. The van der Waals surface area contributed by atoms with Crippen molar-refractivity contribution < 1.29 is 23.4 Å². The quantitative estimate of drug-likeness (QED) is 0.251. The SMILES string of the molecule is COC(=O)c1ccc2nc(CN3CCC(c4ccnc(OCc5ccc(Cl)cc5F)n4)CC3)n(CC3CCO3)c2c1. The first-order valence-corrected chi connectivity index (χ1v) is 14.2. The molecule has 0 aliphatic carbocycles. The molecule has 0 spiro atoms. The molecular formula is C30H31ClFN5O4. The molecule has 1 unspecified atom stereocenters. The van der Waals surface area contributed by atoms with Crippen molar-refractivity contribution in [3.05, 3.63) is 82.1 Å². The highest BCUT2D eigenvalue weighted by atomic mass is 35.5.